The molecule has 1 aromatic heterocycles. The van der Waals surface area contributed by atoms with E-state index in [4.69, 9.17) is 21.1 Å². The molecule has 0 fully saturated rings. The number of aromatic nitrogens is 1. The number of nitrogens with one attached hydrogen (secondary N) is 1. The van der Waals surface area contributed by atoms with Gasteiger partial charge in [-0.2, -0.15) is 0 Å². The van der Waals surface area contributed by atoms with Crippen molar-refractivity contribution >= 4 is 33.4 Å². The van der Waals surface area contributed by atoms with E-state index in [0.717, 1.165) is 33.3 Å². The lowest BCUT2D eigenvalue weighted by atomic mass is 10.1. The van der Waals surface area contributed by atoms with Gasteiger partial charge in [0.15, 0.2) is 0 Å². The van der Waals surface area contributed by atoms with Crippen molar-refractivity contribution in [2.45, 2.75) is 0 Å². The van der Waals surface area contributed by atoms with Gasteiger partial charge in [0, 0.05) is 21.9 Å². The lowest BCUT2D eigenvalue weighted by molar-refractivity contribution is 0.417. The number of methoxy groups -OCH3 is 2. The standard InChI is InChI=1S/C14H12ClNO2/c1-17-11-5-3-4-9-10-6-8(15)7-12(18-2)14(10)16-13(9)11/h3-7,16H,1-2H3. The monoisotopic (exact) mass is 261 g/mol. The van der Waals surface area contributed by atoms with Crippen LogP contribution in [0.15, 0.2) is 30.3 Å². The van der Waals surface area contributed by atoms with Crippen LogP contribution in [0, 0.1) is 0 Å². The van der Waals surface area contributed by atoms with Crippen molar-refractivity contribution in [1.82, 2.24) is 4.98 Å². The molecule has 2 aromatic carbocycles. The topological polar surface area (TPSA) is 34.2 Å². The Morgan fingerprint density at radius 3 is 2.39 bits per heavy atom. The molecule has 0 aliphatic carbocycles. The Hall–Kier alpha value is -1.87. The molecule has 0 saturated heterocycles. The van der Waals surface area contributed by atoms with Gasteiger partial charge in [0.2, 0.25) is 0 Å². The van der Waals surface area contributed by atoms with E-state index in [1.54, 1.807) is 20.3 Å². The first-order valence-corrected chi connectivity index (χ1v) is 5.94. The smallest absolute Gasteiger partial charge is 0.144 e. The molecule has 0 saturated carbocycles. The second-order valence-electron chi connectivity index (χ2n) is 4.04. The molecular weight excluding hydrogens is 250 g/mol. The van der Waals surface area contributed by atoms with Crippen molar-refractivity contribution in [3.8, 4) is 11.5 Å². The fourth-order valence-electron chi connectivity index (χ4n) is 2.26. The largest absolute Gasteiger partial charge is 0.495 e. The van der Waals surface area contributed by atoms with Crippen LogP contribution in [0.1, 0.15) is 0 Å². The van der Waals surface area contributed by atoms with E-state index < -0.39 is 0 Å². The first-order chi connectivity index (χ1) is 8.74. The van der Waals surface area contributed by atoms with Gasteiger partial charge >= 0.3 is 0 Å². The summed E-state index contributed by atoms with van der Waals surface area (Å²) in [5, 5.41) is 2.77. The molecule has 0 aliphatic heterocycles. The average Bonchev–Trinajstić information content (AvgIpc) is 2.76. The molecule has 0 radical (unpaired) electrons. The SMILES string of the molecule is COc1cccc2c1[nH]c1c(OC)cc(Cl)cc12. The lowest BCUT2D eigenvalue weighted by Crippen LogP contribution is -1.84. The molecule has 18 heavy (non-hydrogen) atoms. The maximum absolute atomic E-state index is 6.11. The predicted octanol–water partition coefficient (Wildman–Crippen LogP) is 3.99. The van der Waals surface area contributed by atoms with Crippen LogP contribution in [0.25, 0.3) is 21.8 Å². The first-order valence-electron chi connectivity index (χ1n) is 5.56. The summed E-state index contributed by atoms with van der Waals surface area (Å²) in [6, 6.07) is 9.64. The fourth-order valence-corrected chi connectivity index (χ4v) is 2.47. The highest BCUT2D eigenvalue weighted by Gasteiger charge is 2.12. The van der Waals surface area contributed by atoms with Crippen molar-refractivity contribution < 1.29 is 9.47 Å². The van der Waals surface area contributed by atoms with Crippen LogP contribution in [0.3, 0.4) is 0 Å². The van der Waals surface area contributed by atoms with Crippen LogP contribution >= 0.6 is 11.6 Å². The van der Waals surface area contributed by atoms with Crippen LogP contribution in [-0.2, 0) is 0 Å². The zero-order valence-electron chi connectivity index (χ0n) is 10.1. The van der Waals surface area contributed by atoms with E-state index in [-0.39, 0.29) is 0 Å². The Kier molecular flexibility index (Phi) is 2.56. The van der Waals surface area contributed by atoms with Gasteiger partial charge in [0.25, 0.3) is 0 Å². The molecule has 0 unspecified atom stereocenters. The van der Waals surface area contributed by atoms with E-state index in [1.165, 1.54) is 0 Å². The summed E-state index contributed by atoms with van der Waals surface area (Å²) in [6.45, 7) is 0. The number of fused-ring (bicyclic) bond motifs is 3. The van der Waals surface area contributed by atoms with E-state index in [1.807, 2.05) is 24.3 Å². The van der Waals surface area contributed by atoms with Gasteiger partial charge in [-0.05, 0) is 12.1 Å². The van der Waals surface area contributed by atoms with Gasteiger partial charge in [-0.15, -0.1) is 0 Å². The molecule has 4 heteroatoms. The maximum Gasteiger partial charge on any atom is 0.144 e. The third-order valence-corrected chi connectivity index (χ3v) is 3.29. The normalized spacial score (nSPS) is 11.1. The number of H-pyrrole nitrogens is 1. The Balaban J connectivity index is 2.50. The van der Waals surface area contributed by atoms with Crippen LogP contribution in [0.2, 0.25) is 5.02 Å². The first kappa shape index (κ1) is 11.2. The molecule has 0 bridgehead atoms. The van der Waals surface area contributed by atoms with Crippen LogP contribution < -0.4 is 9.47 Å². The summed E-state index contributed by atoms with van der Waals surface area (Å²) in [5.41, 5.74) is 1.89. The van der Waals surface area contributed by atoms with Crippen molar-refractivity contribution in [3.63, 3.8) is 0 Å². The number of halogens is 1. The van der Waals surface area contributed by atoms with E-state index >= 15 is 0 Å². The minimum Gasteiger partial charge on any atom is -0.495 e. The third-order valence-electron chi connectivity index (χ3n) is 3.07. The molecule has 3 aromatic rings. The Labute approximate surface area is 109 Å². The molecule has 1 heterocycles. The molecule has 0 atom stereocenters. The lowest BCUT2D eigenvalue weighted by Gasteiger charge is -2.01. The minimum atomic E-state index is 0.656. The summed E-state index contributed by atoms with van der Waals surface area (Å²) in [7, 11) is 3.29. The molecule has 0 aliphatic rings. The van der Waals surface area contributed by atoms with Gasteiger partial charge in [0.05, 0.1) is 25.3 Å². The highest BCUT2D eigenvalue weighted by molar-refractivity contribution is 6.32. The summed E-state index contributed by atoms with van der Waals surface area (Å²) in [6.07, 6.45) is 0. The number of ether oxygens (including phenoxy) is 2. The molecule has 0 amide bonds. The minimum absolute atomic E-state index is 0.656. The maximum atomic E-state index is 6.11. The van der Waals surface area contributed by atoms with Crippen molar-refractivity contribution in [2.75, 3.05) is 14.2 Å². The number of rotatable bonds is 2. The fraction of sp³-hybridized carbons (Fsp3) is 0.143. The molecule has 3 rings (SSSR count). The number of hydrogen-bond donors (Lipinski definition) is 1. The summed E-state index contributed by atoms with van der Waals surface area (Å²) < 4.78 is 10.7. The van der Waals surface area contributed by atoms with Gasteiger partial charge < -0.3 is 14.5 Å². The second kappa shape index (κ2) is 4.10. The Morgan fingerprint density at radius 1 is 0.944 bits per heavy atom. The zero-order chi connectivity index (χ0) is 12.7. The molecular formula is C14H12ClNO2. The molecule has 3 nitrogen and oxygen atoms in total. The Morgan fingerprint density at radius 2 is 1.67 bits per heavy atom. The summed E-state index contributed by atoms with van der Waals surface area (Å²) in [5.74, 6) is 1.54. The second-order valence-corrected chi connectivity index (χ2v) is 4.47. The predicted molar refractivity (Wildman–Crippen MR) is 73.9 cm³/mol. The van der Waals surface area contributed by atoms with Crippen LogP contribution in [0.5, 0.6) is 11.5 Å². The number of benzene rings is 2. The van der Waals surface area contributed by atoms with Crippen molar-refractivity contribution in [3.05, 3.63) is 35.4 Å². The number of para-hydroxylation sites is 1. The average molecular weight is 262 g/mol. The van der Waals surface area contributed by atoms with Gasteiger partial charge in [-0.1, -0.05) is 23.7 Å². The molecule has 92 valence electrons. The van der Waals surface area contributed by atoms with Gasteiger partial charge in [-0.25, -0.2) is 0 Å². The summed E-state index contributed by atoms with van der Waals surface area (Å²) in [4.78, 5) is 3.34. The quantitative estimate of drug-likeness (QED) is 0.757. The highest BCUT2D eigenvalue weighted by Crippen LogP contribution is 2.37. The van der Waals surface area contributed by atoms with Crippen molar-refractivity contribution in [1.29, 1.82) is 0 Å². The third kappa shape index (κ3) is 1.51. The van der Waals surface area contributed by atoms with Crippen molar-refractivity contribution in [2.24, 2.45) is 0 Å². The van der Waals surface area contributed by atoms with Crippen LogP contribution in [-0.4, -0.2) is 19.2 Å². The van der Waals surface area contributed by atoms with Gasteiger partial charge in [0.1, 0.15) is 11.5 Å². The molecule has 1 N–H and O–H groups in total. The van der Waals surface area contributed by atoms with E-state index in [9.17, 15) is 0 Å². The van der Waals surface area contributed by atoms with E-state index in [2.05, 4.69) is 4.98 Å². The van der Waals surface area contributed by atoms with Gasteiger partial charge in [-0.3, -0.25) is 0 Å². The van der Waals surface area contributed by atoms with E-state index in [0.29, 0.717) is 5.02 Å². The molecule has 0 spiro atoms. The zero-order valence-corrected chi connectivity index (χ0v) is 10.8. The number of aromatic amines is 1. The Bertz CT molecular complexity index is 733. The highest BCUT2D eigenvalue weighted by atomic mass is 35.5. The van der Waals surface area contributed by atoms with Crippen LogP contribution in [0.4, 0.5) is 0 Å². The summed E-state index contributed by atoms with van der Waals surface area (Å²) >= 11 is 6.11. The number of hydrogen-bond acceptors (Lipinski definition) is 2.